The molecule has 1 aromatic heterocycles. The minimum absolute atomic E-state index is 1.07. The number of hydrogen-bond donors (Lipinski definition) is 0. The van der Waals surface area contributed by atoms with Gasteiger partial charge in [-0.15, -0.1) is 0 Å². The molecule has 0 aliphatic heterocycles. The number of aryl methyl sites for hydroxylation is 1. The van der Waals surface area contributed by atoms with Crippen LogP contribution >= 0.6 is 31.9 Å². The van der Waals surface area contributed by atoms with Gasteiger partial charge in [-0.05, 0) is 52.5 Å². The monoisotopic (exact) mass is 341 g/mol. The second-order valence-corrected chi connectivity index (χ2v) is 5.62. The second-order valence-electron chi connectivity index (χ2n) is 3.85. The number of pyridine rings is 1. The number of nitrogens with zero attached hydrogens (tertiary/aromatic N) is 1. The highest BCUT2D eigenvalue weighted by Crippen LogP contribution is 2.28. The first-order chi connectivity index (χ1) is 7.72. The smallest absolute Gasteiger partial charge is 0.0706 e. The van der Waals surface area contributed by atoms with E-state index in [0.29, 0.717) is 0 Å². The van der Waals surface area contributed by atoms with Crippen LogP contribution in [0.1, 0.15) is 25.3 Å². The molecule has 0 bridgehead atoms. The summed E-state index contributed by atoms with van der Waals surface area (Å²) in [7, 11) is 0. The third-order valence-corrected chi connectivity index (χ3v) is 3.85. The zero-order chi connectivity index (χ0) is 11.5. The van der Waals surface area contributed by atoms with Gasteiger partial charge in [-0.25, -0.2) is 0 Å². The van der Waals surface area contributed by atoms with Crippen molar-refractivity contribution in [3.63, 3.8) is 0 Å². The maximum atomic E-state index is 4.42. The number of unbranched alkanes of at least 4 members (excludes halogenated alkanes) is 1. The molecule has 2 aromatic rings. The van der Waals surface area contributed by atoms with Crippen LogP contribution in [0.2, 0.25) is 0 Å². The van der Waals surface area contributed by atoms with Crippen LogP contribution in [0, 0.1) is 0 Å². The average Bonchev–Trinajstić information content (AvgIpc) is 2.28. The number of rotatable bonds is 3. The molecule has 1 nitrogen and oxygen atoms in total. The van der Waals surface area contributed by atoms with Gasteiger partial charge in [0.2, 0.25) is 0 Å². The van der Waals surface area contributed by atoms with E-state index in [1.54, 1.807) is 0 Å². The molecule has 2 rings (SSSR count). The fourth-order valence-electron chi connectivity index (χ4n) is 1.80. The van der Waals surface area contributed by atoms with E-state index in [9.17, 15) is 0 Å². The zero-order valence-electron chi connectivity index (χ0n) is 9.13. The summed E-state index contributed by atoms with van der Waals surface area (Å²) in [5.41, 5.74) is 2.44. The predicted octanol–water partition coefficient (Wildman–Crippen LogP) is 5.10. The van der Waals surface area contributed by atoms with Gasteiger partial charge in [0.25, 0.3) is 0 Å². The minimum atomic E-state index is 1.07. The third-order valence-electron chi connectivity index (χ3n) is 2.67. The summed E-state index contributed by atoms with van der Waals surface area (Å²) in [4.78, 5) is 4.42. The van der Waals surface area contributed by atoms with Gasteiger partial charge >= 0.3 is 0 Å². The molecule has 0 atom stereocenters. The largest absolute Gasteiger partial charge is 0.255 e. The summed E-state index contributed by atoms with van der Waals surface area (Å²) in [5, 5.41) is 1.25. The van der Waals surface area contributed by atoms with E-state index in [1.807, 2.05) is 12.3 Å². The highest BCUT2D eigenvalue weighted by molar-refractivity contribution is 9.10. The van der Waals surface area contributed by atoms with Gasteiger partial charge in [0.05, 0.1) is 5.52 Å². The standard InChI is InChI=1S/C13H13Br2N/c1-2-3-4-10-11-7-9(14)5-6-13(11)16-8-12(10)15/h5-8H,2-4H2,1H3. The Balaban J connectivity index is 2.58. The Kier molecular flexibility index (Phi) is 3.98. The van der Waals surface area contributed by atoms with Crippen molar-refractivity contribution in [3.8, 4) is 0 Å². The molecule has 0 radical (unpaired) electrons. The zero-order valence-corrected chi connectivity index (χ0v) is 12.3. The topological polar surface area (TPSA) is 12.9 Å². The van der Waals surface area contributed by atoms with E-state index in [1.165, 1.54) is 23.8 Å². The minimum Gasteiger partial charge on any atom is -0.255 e. The molecule has 0 saturated heterocycles. The molecule has 3 heteroatoms. The Morgan fingerprint density at radius 2 is 2.06 bits per heavy atom. The summed E-state index contributed by atoms with van der Waals surface area (Å²) in [6.07, 6.45) is 5.43. The van der Waals surface area contributed by atoms with Crippen molar-refractivity contribution in [2.75, 3.05) is 0 Å². The molecule has 0 fully saturated rings. The quantitative estimate of drug-likeness (QED) is 0.755. The van der Waals surface area contributed by atoms with Crippen LogP contribution in [0.15, 0.2) is 33.3 Å². The Labute approximate surface area is 113 Å². The van der Waals surface area contributed by atoms with Crippen molar-refractivity contribution in [3.05, 3.63) is 38.9 Å². The lowest BCUT2D eigenvalue weighted by molar-refractivity contribution is 0.796. The molecule has 84 valence electrons. The van der Waals surface area contributed by atoms with Gasteiger partial charge < -0.3 is 0 Å². The van der Waals surface area contributed by atoms with Crippen LogP contribution in [0.3, 0.4) is 0 Å². The number of hydrogen-bond acceptors (Lipinski definition) is 1. The maximum Gasteiger partial charge on any atom is 0.0706 e. The predicted molar refractivity (Wildman–Crippen MR) is 75.8 cm³/mol. The lowest BCUT2D eigenvalue weighted by Crippen LogP contribution is -1.91. The number of fused-ring (bicyclic) bond motifs is 1. The van der Waals surface area contributed by atoms with E-state index in [-0.39, 0.29) is 0 Å². The third kappa shape index (κ3) is 2.46. The maximum absolute atomic E-state index is 4.42. The molecule has 16 heavy (non-hydrogen) atoms. The molecule has 0 unspecified atom stereocenters. The molecule has 0 aliphatic carbocycles. The second kappa shape index (κ2) is 5.28. The number of aromatic nitrogens is 1. The average molecular weight is 343 g/mol. The van der Waals surface area contributed by atoms with Crippen molar-refractivity contribution >= 4 is 42.8 Å². The first kappa shape index (κ1) is 12.1. The van der Waals surface area contributed by atoms with Gasteiger partial charge in [-0.1, -0.05) is 29.3 Å². The van der Waals surface area contributed by atoms with Crippen molar-refractivity contribution in [2.24, 2.45) is 0 Å². The first-order valence-electron chi connectivity index (χ1n) is 5.45. The molecule has 0 N–H and O–H groups in total. The van der Waals surface area contributed by atoms with Crippen molar-refractivity contribution < 1.29 is 0 Å². The Morgan fingerprint density at radius 3 is 2.81 bits per heavy atom. The normalized spacial score (nSPS) is 10.9. The molecule has 0 spiro atoms. The van der Waals surface area contributed by atoms with Crippen LogP contribution < -0.4 is 0 Å². The van der Waals surface area contributed by atoms with Crippen LogP contribution in [0.5, 0.6) is 0 Å². The van der Waals surface area contributed by atoms with Crippen molar-refractivity contribution in [2.45, 2.75) is 26.2 Å². The highest BCUT2D eigenvalue weighted by atomic mass is 79.9. The van der Waals surface area contributed by atoms with E-state index >= 15 is 0 Å². The van der Waals surface area contributed by atoms with E-state index < -0.39 is 0 Å². The molecule has 0 saturated carbocycles. The van der Waals surface area contributed by atoms with Gasteiger partial charge in [0.1, 0.15) is 0 Å². The van der Waals surface area contributed by atoms with Crippen LogP contribution in [0.4, 0.5) is 0 Å². The van der Waals surface area contributed by atoms with Crippen molar-refractivity contribution in [1.82, 2.24) is 4.98 Å². The fraction of sp³-hybridized carbons (Fsp3) is 0.308. The lowest BCUT2D eigenvalue weighted by Gasteiger charge is -2.08. The Hall–Kier alpha value is -0.410. The van der Waals surface area contributed by atoms with E-state index in [2.05, 4.69) is 55.9 Å². The molecular weight excluding hydrogens is 330 g/mol. The number of benzene rings is 1. The van der Waals surface area contributed by atoms with Gasteiger partial charge in [-0.2, -0.15) is 0 Å². The molecule has 0 aliphatic rings. The van der Waals surface area contributed by atoms with E-state index in [4.69, 9.17) is 0 Å². The molecule has 1 aromatic carbocycles. The summed E-state index contributed by atoms with van der Waals surface area (Å²) in [6.45, 7) is 2.22. The van der Waals surface area contributed by atoms with Gasteiger partial charge in [0.15, 0.2) is 0 Å². The summed E-state index contributed by atoms with van der Waals surface area (Å²) < 4.78 is 2.23. The molecule has 1 heterocycles. The SMILES string of the molecule is CCCCc1c(Br)cnc2ccc(Br)cc12. The van der Waals surface area contributed by atoms with Crippen LogP contribution in [0.25, 0.3) is 10.9 Å². The lowest BCUT2D eigenvalue weighted by atomic mass is 10.0. The van der Waals surface area contributed by atoms with Crippen LogP contribution in [-0.4, -0.2) is 4.98 Å². The molecule has 0 amide bonds. The highest BCUT2D eigenvalue weighted by Gasteiger charge is 2.06. The number of halogens is 2. The van der Waals surface area contributed by atoms with Crippen molar-refractivity contribution in [1.29, 1.82) is 0 Å². The van der Waals surface area contributed by atoms with Gasteiger partial charge in [-0.3, -0.25) is 4.98 Å². The summed E-state index contributed by atoms with van der Waals surface area (Å²) in [5.74, 6) is 0. The first-order valence-corrected chi connectivity index (χ1v) is 7.03. The van der Waals surface area contributed by atoms with Gasteiger partial charge in [0, 0.05) is 20.5 Å². The molecular formula is C13H13Br2N. The summed E-state index contributed by atoms with van der Waals surface area (Å²) >= 11 is 7.11. The summed E-state index contributed by atoms with van der Waals surface area (Å²) in [6, 6.07) is 6.24. The van der Waals surface area contributed by atoms with Crippen LogP contribution in [-0.2, 0) is 6.42 Å². The Morgan fingerprint density at radius 1 is 1.25 bits per heavy atom. The Bertz CT molecular complexity index is 503. The van der Waals surface area contributed by atoms with E-state index in [0.717, 1.165) is 20.9 Å². The fourth-order valence-corrected chi connectivity index (χ4v) is 2.68.